The minimum absolute atomic E-state index is 0.00625. The number of aryl methyl sites for hydroxylation is 1. The molecule has 2 aromatic heterocycles. The maximum Gasteiger partial charge on any atom is 0.253 e. The Hall–Kier alpha value is -3.30. The molecular weight excluding hydrogens is 406 g/mol. The Morgan fingerprint density at radius 3 is 2.69 bits per heavy atom. The van der Waals surface area contributed by atoms with Crippen molar-refractivity contribution in [2.45, 2.75) is 6.92 Å². The summed E-state index contributed by atoms with van der Waals surface area (Å²) in [6.45, 7) is 2.06. The van der Waals surface area contributed by atoms with Crippen molar-refractivity contribution in [2.75, 3.05) is 17.2 Å². The van der Waals surface area contributed by atoms with Crippen LogP contribution in [0, 0.1) is 11.7 Å². The Morgan fingerprint density at radius 1 is 1.14 bits per heavy atom. The zero-order valence-electron chi connectivity index (χ0n) is 15.4. The van der Waals surface area contributed by atoms with Crippen molar-refractivity contribution in [3.05, 3.63) is 69.2 Å². The van der Waals surface area contributed by atoms with E-state index in [0.717, 1.165) is 20.8 Å². The second-order valence-electron chi connectivity index (χ2n) is 6.47. The Labute approximate surface area is 174 Å². The topological polar surface area (TPSA) is 103 Å². The average Bonchev–Trinajstić information content (AvgIpc) is 3.09. The Morgan fingerprint density at radius 2 is 1.93 bits per heavy atom. The molecule has 4 rings (SSSR count). The van der Waals surface area contributed by atoms with Gasteiger partial charge < -0.3 is 15.6 Å². The number of benzene rings is 2. The molecule has 2 heterocycles. The van der Waals surface area contributed by atoms with Gasteiger partial charge in [-0.3, -0.25) is 14.6 Å². The summed E-state index contributed by atoms with van der Waals surface area (Å²) in [5.41, 5.74) is 3.53. The summed E-state index contributed by atoms with van der Waals surface area (Å²) in [7, 11) is 0. The predicted octanol–water partition coefficient (Wildman–Crippen LogP) is 4.07. The van der Waals surface area contributed by atoms with E-state index in [2.05, 4.69) is 44.6 Å². The van der Waals surface area contributed by atoms with Crippen LogP contribution < -0.4 is 16.2 Å². The highest BCUT2D eigenvalue weighted by Gasteiger charge is 2.08. The molecule has 1 amide bonds. The molecule has 0 aliphatic heterocycles. The number of H-pyrrole nitrogens is 2. The van der Waals surface area contributed by atoms with Crippen molar-refractivity contribution in [1.29, 1.82) is 0 Å². The number of aromatic amines is 2. The van der Waals surface area contributed by atoms with E-state index in [1.54, 1.807) is 11.3 Å². The molecule has 146 valence electrons. The van der Waals surface area contributed by atoms with Crippen molar-refractivity contribution in [3.8, 4) is 10.6 Å². The molecule has 0 saturated heterocycles. The number of anilines is 2. The SMILES string of the molecule is Cc1ccc2nc(-c3ccc(NC(=O)CNc4cc(=O)[nH]c(=S)[nH]4)cc3)sc2c1. The molecule has 0 saturated carbocycles. The maximum atomic E-state index is 12.2. The maximum absolute atomic E-state index is 12.2. The van der Waals surface area contributed by atoms with Crippen LogP contribution in [0.4, 0.5) is 11.5 Å². The lowest BCUT2D eigenvalue weighted by Crippen LogP contribution is -2.23. The molecule has 4 aromatic rings. The molecule has 0 unspecified atom stereocenters. The smallest absolute Gasteiger partial charge is 0.253 e. The van der Waals surface area contributed by atoms with Gasteiger partial charge in [-0.25, -0.2) is 4.98 Å². The van der Waals surface area contributed by atoms with E-state index in [-0.39, 0.29) is 22.8 Å². The van der Waals surface area contributed by atoms with Crippen molar-refractivity contribution < 1.29 is 4.79 Å². The number of hydrogen-bond acceptors (Lipinski definition) is 6. The number of aromatic nitrogens is 3. The highest BCUT2D eigenvalue weighted by Crippen LogP contribution is 2.31. The summed E-state index contributed by atoms with van der Waals surface area (Å²) in [4.78, 5) is 33.4. The van der Waals surface area contributed by atoms with Gasteiger partial charge in [-0.2, -0.15) is 0 Å². The van der Waals surface area contributed by atoms with E-state index in [1.807, 2.05) is 30.3 Å². The lowest BCUT2D eigenvalue weighted by atomic mass is 10.2. The number of carbonyl (C=O) groups is 1. The molecule has 0 atom stereocenters. The first-order chi connectivity index (χ1) is 14.0. The quantitative estimate of drug-likeness (QED) is 0.363. The fraction of sp³-hybridized carbons (Fsp3) is 0.100. The average molecular weight is 424 g/mol. The van der Waals surface area contributed by atoms with E-state index in [9.17, 15) is 9.59 Å². The minimum Gasteiger partial charge on any atom is -0.362 e. The standard InChI is InChI=1S/C20H17N5O2S2/c1-11-2-7-14-15(8-11)29-19(23-14)12-3-5-13(6-4-12)22-18(27)10-21-16-9-17(26)25-20(28)24-16/h2-9H,10H2,1H3,(H,22,27)(H3,21,24,25,26,28). The summed E-state index contributed by atoms with van der Waals surface area (Å²) in [5.74, 6) is 0.142. The molecule has 0 aliphatic rings. The van der Waals surface area contributed by atoms with Gasteiger partial charge in [0.05, 0.1) is 16.8 Å². The molecule has 0 radical (unpaired) electrons. The van der Waals surface area contributed by atoms with E-state index >= 15 is 0 Å². The first-order valence-electron chi connectivity index (χ1n) is 8.81. The number of hydrogen-bond donors (Lipinski definition) is 4. The van der Waals surface area contributed by atoms with Gasteiger partial charge in [0, 0.05) is 17.3 Å². The summed E-state index contributed by atoms with van der Waals surface area (Å²) in [6.07, 6.45) is 0. The number of nitrogens with one attached hydrogen (secondary N) is 4. The number of carbonyl (C=O) groups excluding carboxylic acids is 1. The highest BCUT2D eigenvalue weighted by atomic mass is 32.1. The number of nitrogens with zero attached hydrogens (tertiary/aromatic N) is 1. The van der Waals surface area contributed by atoms with Crippen LogP contribution in [0.25, 0.3) is 20.8 Å². The highest BCUT2D eigenvalue weighted by molar-refractivity contribution is 7.71. The largest absolute Gasteiger partial charge is 0.362 e. The van der Waals surface area contributed by atoms with E-state index < -0.39 is 0 Å². The lowest BCUT2D eigenvalue weighted by molar-refractivity contribution is -0.114. The van der Waals surface area contributed by atoms with Gasteiger partial charge in [0.2, 0.25) is 5.91 Å². The summed E-state index contributed by atoms with van der Waals surface area (Å²) in [6, 6.07) is 15.1. The van der Waals surface area contributed by atoms with E-state index in [4.69, 9.17) is 12.2 Å². The zero-order chi connectivity index (χ0) is 20.4. The second-order valence-corrected chi connectivity index (χ2v) is 7.91. The molecule has 7 nitrogen and oxygen atoms in total. The number of fused-ring (bicyclic) bond motifs is 1. The van der Waals surface area contributed by atoms with Crippen molar-refractivity contribution in [1.82, 2.24) is 15.0 Å². The molecule has 9 heteroatoms. The summed E-state index contributed by atoms with van der Waals surface area (Å²) < 4.78 is 1.35. The Balaban J connectivity index is 1.41. The fourth-order valence-corrected chi connectivity index (χ4v) is 4.08. The lowest BCUT2D eigenvalue weighted by Gasteiger charge is -2.08. The van der Waals surface area contributed by atoms with Crippen molar-refractivity contribution in [3.63, 3.8) is 0 Å². The van der Waals surface area contributed by atoms with E-state index in [1.165, 1.54) is 11.6 Å². The number of thiazole rings is 1. The van der Waals surface area contributed by atoms with E-state index in [0.29, 0.717) is 11.5 Å². The van der Waals surface area contributed by atoms with Crippen LogP contribution in [0.15, 0.2) is 53.3 Å². The molecule has 0 fully saturated rings. The fourth-order valence-electron chi connectivity index (χ4n) is 2.80. The van der Waals surface area contributed by atoms with Crippen molar-refractivity contribution >= 4 is 51.2 Å². The van der Waals surface area contributed by atoms with Crippen LogP contribution in [0.3, 0.4) is 0 Å². The third-order valence-electron chi connectivity index (χ3n) is 4.16. The molecule has 0 aliphatic carbocycles. The molecular formula is C20H17N5O2S2. The Kier molecular flexibility index (Phi) is 5.24. The van der Waals surface area contributed by atoms with Crippen LogP contribution in [0.2, 0.25) is 0 Å². The summed E-state index contributed by atoms with van der Waals surface area (Å²) in [5, 5.41) is 6.59. The first-order valence-corrected chi connectivity index (χ1v) is 10.0. The predicted molar refractivity (Wildman–Crippen MR) is 119 cm³/mol. The third kappa shape index (κ3) is 4.58. The monoisotopic (exact) mass is 423 g/mol. The second kappa shape index (κ2) is 7.98. The van der Waals surface area contributed by atoms with Crippen LogP contribution in [-0.2, 0) is 4.79 Å². The number of rotatable bonds is 5. The van der Waals surface area contributed by atoms with Crippen molar-refractivity contribution in [2.24, 2.45) is 0 Å². The van der Waals surface area contributed by atoms with Crippen LogP contribution in [-0.4, -0.2) is 27.4 Å². The number of amides is 1. The van der Waals surface area contributed by atoms with Gasteiger partial charge in [-0.1, -0.05) is 6.07 Å². The van der Waals surface area contributed by atoms with Gasteiger partial charge in [-0.05, 0) is 61.1 Å². The molecule has 2 aromatic carbocycles. The summed E-state index contributed by atoms with van der Waals surface area (Å²) >= 11 is 6.54. The van der Waals surface area contributed by atoms with Crippen LogP contribution in [0.5, 0.6) is 0 Å². The van der Waals surface area contributed by atoms with Gasteiger partial charge in [0.1, 0.15) is 10.8 Å². The molecule has 0 spiro atoms. The third-order valence-corrected chi connectivity index (χ3v) is 5.43. The molecule has 4 N–H and O–H groups in total. The molecule has 29 heavy (non-hydrogen) atoms. The normalized spacial score (nSPS) is 10.8. The zero-order valence-corrected chi connectivity index (χ0v) is 17.0. The van der Waals surface area contributed by atoms with Gasteiger partial charge in [0.25, 0.3) is 5.56 Å². The molecule has 0 bridgehead atoms. The van der Waals surface area contributed by atoms with Crippen LogP contribution >= 0.6 is 23.6 Å². The van der Waals surface area contributed by atoms with Gasteiger partial charge >= 0.3 is 0 Å². The van der Waals surface area contributed by atoms with Gasteiger partial charge in [-0.15, -0.1) is 11.3 Å². The Bertz CT molecular complexity index is 1280. The minimum atomic E-state index is -0.336. The van der Waals surface area contributed by atoms with Crippen LogP contribution in [0.1, 0.15) is 5.56 Å². The first kappa shape index (κ1) is 19.0. The van der Waals surface area contributed by atoms with Gasteiger partial charge in [0.15, 0.2) is 4.77 Å².